The van der Waals surface area contributed by atoms with Crippen LogP contribution in [0.4, 0.5) is 10.7 Å². The Labute approximate surface area is 240 Å². The highest BCUT2D eigenvalue weighted by atomic mass is 32.1. The number of rotatable bonds is 7. The molecule has 3 aromatic rings. The number of carbonyl (C=O) groups excluding carboxylic acids is 2. The van der Waals surface area contributed by atoms with Gasteiger partial charge in [0.2, 0.25) is 0 Å². The predicted octanol–water partition coefficient (Wildman–Crippen LogP) is 6.14. The lowest BCUT2D eigenvalue weighted by Crippen LogP contribution is -2.42. The zero-order valence-electron chi connectivity index (χ0n) is 23.4. The molecule has 2 amide bonds. The van der Waals surface area contributed by atoms with Crippen molar-refractivity contribution in [2.45, 2.75) is 40.0 Å². The van der Waals surface area contributed by atoms with Gasteiger partial charge in [0.25, 0.3) is 11.8 Å². The Morgan fingerprint density at radius 2 is 1.82 bits per heavy atom. The Morgan fingerprint density at radius 3 is 2.52 bits per heavy atom. The van der Waals surface area contributed by atoms with E-state index in [1.165, 1.54) is 4.88 Å². The van der Waals surface area contributed by atoms with Crippen molar-refractivity contribution in [3.63, 3.8) is 0 Å². The minimum absolute atomic E-state index is 0.00360. The third-order valence-corrected chi connectivity index (χ3v) is 8.83. The zero-order valence-corrected chi connectivity index (χ0v) is 24.3. The number of ether oxygens (including phenoxy) is 2. The summed E-state index contributed by atoms with van der Waals surface area (Å²) in [6.07, 6.45) is 4.72. The van der Waals surface area contributed by atoms with Crippen molar-refractivity contribution in [1.82, 2.24) is 4.90 Å². The molecule has 1 fully saturated rings. The van der Waals surface area contributed by atoms with Crippen molar-refractivity contribution < 1.29 is 19.1 Å². The van der Waals surface area contributed by atoms with Gasteiger partial charge in [0.15, 0.2) is 6.61 Å². The van der Waals surface area contributed by atoms with Crippen molar-refractivity contribution in [2.24, 2.45) is 16.3 Å². The first-order valence-corrected chi connectivity index (χ1v) is 14.7. The first-order valence-electron chi connectivity index (χ1n) is 13.9. The summed E-state index contributed by atoms with van der Waals surface area (Å²) in [4.78, 5) is 33.7. The van der Waals surface area contributed by atoms with Crippen LogP contribution in [-0.4, -0.2) is 55.8 Å². The lowest BCUT2D eigenvalue weighted by atomic mass is 9.72. The Kier molecular flexibility index (Phi) is 8.66. The number of nitrogens with zero attached hydrogens (tertiary/aromatic N) is 2. The van der Waals surface area contributed by atoms with Gasteiger partial charge in [-0.15, -0.1) is 11.3 Å². The van der Waals surface area contributed by atoms with E-state index in [2.05, 4.69) is 26.1 Å². The van der Waals surface area contributed by atoms with Crippen LogP contribution in [0.25, 0.3) is 0 Å². The summed E-state index contributed by atoms with van der Waals surface area (Å²) in [5, 5.41) is 3.81. The second kappa shape index (κ2) is 12.4. The molecule has 1 saturated heterocycles. The van der Waals surface area contributed by atoms with Crippen LogP contribution in [0.5, 0.6) is 5.75 Å². The number of aliphatic imine (C=N–C) groups is 1. The summed E-state index contributed by atoms with van der Waals surface area (Å²) in [6.45, 7) is 9.24. The van der Waals surface area contributed by atoms with Crippen molar-refractivity contribution in [2.75, 3.05) is 38.2 Å². The van der Waals surface area contributed by atoms with Gasteiger partial charge in [-0.1, -0.05) is 39.0 Å². The van der Waals surface area contributed by atoms with Crippen LogP contribution in [0.15, 0.2) is 59.6 Å². The maximum absolute atomic E-state index is 13.5. The van der Waals surface area contributed by atoms with Crippen LogP contribution >= 0.6 is 11.3 Å². The first-order chi connectivity index (χ1) is 19.3. The smallest absolute Gasteiger partial charge is 0.260 e. The van der Waals surface area contributed by atoms with Crippen LogP contribution in [0.3, 0.4) is 0 Å². The predicted molar refractivity (Wildman–Crippen MR) is 160 cm³/mol. The third-order valence-electron chi connectivity index (χ3n) is 7.67. The molecule has 2 heterocycles. The fourth-order valence-corrected chi connectivity index (χ4v) is 6.45. The van der Waals surface area contributed by atoms with E-state index in [9.17, 15) is 9.59 Å². The number of nitrogens with one attached hydrogen (secondary N) is 1. The van der Waals surface area contributed by atoms with Gasteiger partial charge in [-0.05, 0) is 78.1 Å². The summed E-state index contributed by atoms with van der Waals surface area (Å²) in [7, 11) is 0. The van der Waals surface area contributed by atoms with Gasteiger partial charge >= 0.3 is 0 Å². The molecule has 0 spiro atoms. The van der Waals surface area contributed by atoms with Crippen LogP contribution in [0.1, 0.15) is 53.6 Å². The Bertz CT molecular complexity index is 1350. The average Bonchev–Trinajstić information content (AvgIpc) is 3.34. The minimum atomic E-state index is -0.112. The summed E-state index contributed by atoms with van der Waals surface area (Å²) in [6, 6.07) is 17.0. The standard InChI is InChI=1S/C32H37N3O4S/c1-32(2,3)23-11-14-26-27(19-23)40-31(29(26)30(37)34-24-7-5-4-6-8-24)33-20-22-9-12-25(13-10-22)39-21-28(36)35-15-17-38-18-16-35/h4-10,12-13,20,23H,11,14-19,21H2,1-3H3,(H,34,37)/t23-/m1/s1. The fourth-order valence-electron chi connectivity index (χ4n) is 5.18. The van der Waals surface area contributed by atoms with E-state index in [-0.39, 0.29) is 23.8 Å². The monoisotopic (exact) mass is 559 g/mol. The van der Waals surface area contributed by atoms with Crippen LogP contribution < -0.4 is 10.1 Å². The van der Waals surface area contributed by atoms with Crippen molar-refractivity contribution in [3.05, 3.63) is 76.2 Å². The second-order valence-electron chi connectivity index (χ2n) is 11.4. The van der Waals surface area contributed by atoms with E-state index in [1.807, 2.05) is 54.6 Å². The maximum atomic E-state index is 13.5. The Hall–Kier alpha value is -3.49. The number of benzene rings is 2. The number of thiophene rings is 1. The second-order valence-corrected chi connectivity index (χ2v) is 12.5. The highest BCUT2D eigenvalue weighted by molar-refractivity contribution is 7.16. The number of carbonyl (C=O) groups is 2. The molecule has 1 aliphatic carbocycles. The molecular formula is C32H37N3O4S. The average molecular weight is 560 g/mol. The van der Waals surface area contributed by atoms with Crippen LogP contribution in [0.2, 0.25) is 0 Å². The molecule has 7 nitrogen and oxygen atoms in total. The number of fused-ring (bicyclic) bond motifs is 1. The van der Waals surface area contributed by atoms with E-state index in [4.69, 9.17) is 14.5 Å². The van der Waals surface area contributed by atoms with Crippen LogP contribution in [-0.2, 0) is 22.4 Å². The molecule has 0 bridgehead atoms. The summed E-state index contributed by atoms with van der Waals surface area (Å²) in [5.41, 5.74) is 3.70. The van der Waals surface area contributed by atoms with Gasteiger partial charge in [0.1, 0.15) is 10.8 Å². The number of morpholine rings is 1. The molecule has 0 radical (unpaired) electrons. The zero-order chi connectivity index (χ0) is 28.1. The van der Waals surface area contributed by atoms with E-state index < -0.39 is 0 Å². The highest BCUT2D eigenvalue weighted by Gasteiger charge is 2.33. The van der Waals surface area contributed by atoms with Crippen LogP contribution in [0, 0.1) is 11.3 Å². The highest BCUT2D eigenvalue weighted by Crippen LogP contribution is 2.45. The molecule has 40 heavy (non-hydrogen) atoms. The van der Waals surface area contributed by atoms with Gasteiger partial charge in [0.05, 0.1) is 18.8 Å². The molecule has 8 heteroatoms. The molecule has 2 aliphatic rings. The summed E-state index contributed by atoms with van der Waals surface area (Å²) in [5.74, 6) is 1.05. The van der Waals surface area contributed by atoms with E-state index >= 15 is 0 Å². The number of hydrogen-bond donors (Lipinski definition) is 1. The third kappa shape index (κ3) is 6.80. The molecule has 210 valence electrons. The van der Waals surface area contributed by atoms with E-state index in [1.54, 1.807) is 22.5 Å². The molecule has 0 saturated carbocycles. The minimum Gasteiger partial charge on any atom is -0.484 e. The van der Waals surface area contributed by atoms with Gasteiger partial charge < -0.3 is 19.7 Å². The van der Waals surface area contributed by atoms with Crippen molar-refractivity contribution >= 4 is 40.1 Å². The molecule has 5 rings (SSSR count). The molecule has 0 unspecified atom stereocenters. The van der Waals surface area contributed by atoms with Crippen molar-refractivity contribution in [3.8, 4) is 5.75 Å². The fraction of sp³-hybridized carbons (Fsp3) is 0.406. The lowest BCUT2D eigenvalue weighted by molar-refractivity contribution is -0.137. The van der Waals surface area contributed by atoms with Crippen molar-refractivity contribution in [1.29, 1.82) is 0 Å². The van der Waals surface area contributed by atoms with Gasteiger partial charge in [-0.2, -0.15) is 0 Å². The van der Waals surface area contributed by atoms with Gasteiger partial charge in [-0.25, -0.2) is 4.99 Å². The normalized spacial score (nSPS) is 17.5. The molecule has 2 aromatic carbocycles. The molecular weight excluding hydrogens is 522 g/mol. The maximum Gasteiger partial charge on any atom is 0.260 e. The Morgan fingerprint density at radius 1 is 1.10 bits per heavy atom. The Balaban J connectivity index is 1.31. The van der Waals surface area contributed by atoms with Gasteiger partial charge in [-0.3, -0.25) is 9.59 Å². The SMILES string of the molecule is CC(C)(C)[C@@H]1CCc2c(sc(N=Cc3ccc(OCC(=O)N4CCOCC4)cc3)c2C(=O)Nc2ccccc2)C1. The molecule has 1 atom stereocenters. The summed E-state index contributed by atoms with van der Waals surface area (Å²) >= 11 is 1.63. The molecule has 1 aliphatic heterocycles. The number of anilines is 1. The summed E-state index contributed by atoms with van der Waals surface area (Å²) < 4.78 is 11.0. The quantitative estimate of drug-likeness (QED) is 0.353. The van der Waals surface area contributed by atoms with Gasteiger partial charge in [0, 0.05) is 29.9 Å². The number of para-hydroxylation sites is 1. The number of amides is 2. The van der Waals surface area contributed by atoms with E-state index in [0.717, 1.165) is 41.1 Å². The largest absolute Gasteiger partial charge is 0.484 e. The topological polar surface area (TPSA) is 80.2 Å². The van der Waals surface area contributed by atoms with E-state index in [0.29, 0.717) is 43.5 Å². The first kappa shape index (κ1) is 28.1. The molecule has 1 N–H and O–H groups in total. The lowest BCUT2D eigenvalue weighted by Gasteiger charge is -2.33. The molecule has 1 aromatic heterocycles. The number of hydrogen-bond acceptors (Lipinski definition) is 6.